The number of carbonyl (C=O) groups excluding carboxylic acids is 1. The molecule has 0 radical (unpaired) electrons. The van der Waals surface area contributed by atoms with Crippen LogP contribution in [0.25, 0.3) is 0 Å². The smallest absolute Gasteiger partial charge is 0.261 e. The number of halogens is 1. The van der Waals surface area contributed by atoms with Crippen LogP contribution in [0.15, 0.2) is 48.5 Å². The van der Waals surface area contributed by atoms with E-state index in [9.17, 15) is 9.18 Å². The van der Waals surface area contributed by atoms with Crippen LogP contribution >= 0.6 is 0 Å². The van der Waals surface area contributed by atoms with E-state index in [-0.39, 0.29) is 11.7 Å². The summed E-state index contributed by atoms with van der Waals surface area (Å²) in [6.07, 6.45) is -0.681. The van der Waals surface area contributed by atoms with Gasteiger partial charge in [0, 0.05) is 12.1 Å². The zero-order chi connectivity index (χ0) is 16.7. The summed E-state index contributed by atoms with van der Waals surface area (Å²) in [6.45, 7) is 4.47. The monoisotopic (exact) mass is 317 g/mol. The van der Waals surface area contributed by atoms with E-state index < -0.39 is 6.10 Å². The van der Waals surface area contributed by atoms with Crippen molar-refractivity contribution in [3.63, 3.8) is 0 Å². The average molecular weight is 317 g/mol. The lowest BCUT2D eigenvalue weighted by molar-refractivity contribution is -0.127. The van der Waals surface area contributed by atoms with E-state index in [4.69, 9.17) is 9.47 Å². The van der Waals surface area contributed by atoms with Gasteiger partial charge in [0.05, 0.1) is 6.61 Å². The second kappa shape index (κ2) is 8.17. The largest absolute Gasteiger partial charge is 0.494 e. The first kappa shape index (κ1) is 16.8. The zero-order valence-corrected chi connectivity index (χ0v) is 13.2. The summed E-state index contributed by atoms with van der Waals surface area (Å²) < 4.78 is 23.9. The number of hydrogen-bond acceptors (Lipinski definition) is 3. The fraction of sp³-hybridized carbons (Fsp3) is 0.278. The van der Waals surface area contributed by atoms with E-state index in [2.05, 4.69) is 5.32 Å². The molecule has 0 aliphatic carbocycles. The molecule has 0 aliphatic rings. The van der Waals surface area contributed by atoms with Gasteiger partial charge in [0.1, 0.15) is 17.3 Å². The Morgan fingerprint density at radius 2 is 1.87 bits per heavy atom. The fourth-order valence-corrected chi connectivity index (χ4v) is 2.04. The molecule has 1 amide bonds. The SMILES string of the molecule is CCOc1ccccc1CNC(=O)C(C)Oc1ccc(F)cc1. The Morgan fingerprint density at radius 1 is 1.17 bits per heavy atom. The van der Waals surface area contributed by atoms with Crippen molar-refractivity contribution >= 4 is 5.91 Å². The van der Waals surface area contributed by atoms with Gasteiger partial charge in [0.25, 0.3) is 5.91 Å². The minimum atomic E-state index is -0.681. The Morgan fingerprint density at radius 3 is 2.57 bits per heavy atom. The molecule has 0 saturated heterocycles. The highest BCUT2D eigenvalue weighted by Crippen LogP contribution is 2.18. The number of ether oxygens (including phenoxy) is 2. The fourth-order valence-electron chi connectivity index (χ4n) is 2.04. The van der Waals surface area contributed by atoms with Crippen molar-refractivity contribution in [2.75, 3.05) is 6.61 Å². The molecule has 1 atom stereocenters. The van der Waals surface area contributed by atoms with Crippen molar-refractivity contribution in [2.45, 2.75) is 26.5 Å². The van der Waals surface area contributed by atoms with Gasteiger partial charge in [-0.25, -0.2) is 4.39 Å². The van der Waals surface area contributed by atoms with Gasteiger partial charge in [-0.3, -0.25) is 4.79 Å². The molecule has 0 aromatic heterocycles. The number of carbonyl (C=O) groups is 1. The quantitative estimate of drug-likeness (QED) is 0.852. The van der Waals surface area contributed by atoms with Crippen LogP contribution in [-0.2, 0) is 11.3 Å². The number of amides is 1. The minimum Gasteiger partial charge on any atom is -0.494 e. The highest BCUT2D eigenvalue weighted by atomic mass is 19.1. The summed E-state index contributed by atoms with van der Waals surface area (Å²) in [5.74, 6) is 0.605. The zero-order valence-electron chi connectivity index (χ0n) is 13.2. The third-order valence-electron chi connectivity index (χ3n) is 3.22. The molecule has 4 nitrogen and oxygen atoms in total. The Hall–Kier alpha value is -2.56. The molecular formula is C18H20FNO3. The lowest BCUT2D eigenvalue weighted by Crippen LogP contribution is -2.36. The van der Waals surface area contributed by atoms with Gasteiger partial charge in [-0.15, -0.1) is 0 Å². The van der Waals surface area contributed by atoms with Gasteiger partial charge in [-0.2, -0.15) is 0 Å². The Labute approximate surface area is 135 Å². The molecule has 2 aromatic rings. The molecule has 2 rings (SSSR count). The first-order valence-corrected chi connectivity index (χ1v) is 7.50. The molecule has 23 heavy (non-hydrogen) atoms. The van der Waals surface area contributed by atoms with Crippen LogP contribution in [0.4, 0.5) is 4.39 Å². The van der Waals surface area contributed by atoms with E-state index >= 15 is 0 Å². The van der Waals surface area contributed by atoms with Gasteiger partial charge < -0.3 is 14.8 Å². The van der Waals surface area contributed by atoms with Crippen molar-refractivity contribution in [1.82, 2.24) is 5.32 Å². The topological polar surface area (TPSA) is 47.6 Å². The molecule has 1 unspecified atom stereocenters. The molecule has 0 heterocycles. The lowest BCUT2D eigenvalue weighted by atomic mass is 10.2. The second-order valence-corrected chi connectivity index (χ2v) is 4.97. The predicted octanol–water partition coefficient (Wildman–Crippen LogP) is 3.31. The van der Waals surface area contributed by atoms with Crippen molar-refractivity contribution < 1.29 is 18.7 Å². The molecule has 0 fully saturated rings. The third kappa shape index (κ3) is 4.98. The molecule has 2 aromatic carbocycles. The van der Waals surface area contributed by atoms with E-state index in [1.54, 1.807) is 6.92 Å². The maximum Gasteiger partial charge on any atom is 0.261 e. The Bertz CT molecular complexity index is 643. The highest BCUT2D eigenvalue weighted by Gasteiger charge is 2.15. The van der Waals surface area contributed by atoms with Crippen LogP contribution in [0.2, 0.25) is 0 Å². The molecule has 5 heteroatoms. The van der Waals surface area contributed by atoms with E-state index in [0.717, 1.165) is 11.3 Å². The lowest BCUT2D eigenvalue weighted by Gasteiger charge is -2.16. The number of hydrogen-bond donors (Lipinski definition) is 1. The number of para-hydroxylation sites is 1. The normalized spacial score (nSPS) is 11.6. The highest BCUT2D eigenvalue weighted by molar-refractivity contribution is 5.80. The maximum atomic E-state index is 12.8. The summed E-state index contributed by atoms with van der Waals surface area (Å²) in [5.41, 5.74) is 0.900. The first-order chi connectivity index (χ1) is 11.1. The van der Waals surface area contributed by atoms with E-state index in [1.807, 2.05) is 31.2 Å². The van der Waals surface area contributed by atoms with Gasteiger partial charge >= 0.3 is 0 Å². The average Bonchev–Trinajstić information content (AvgIpc) is 2.56. The summed E-state index contributed by atoms with van der Waals surface area (Å²) in [4.78, 5) is 12.1. The summed E-state index contributed by atoms with van der Waals surface area (Å²) >= 11 is 0. The Kier molecular flexibility index (Phi) is 5.97. The molecular weight excluding hydrogens is 297 g/mol. The number of benzene rings is 2. The van der Waals surface area contributed by atoms with E-state index in [1.165, 1.54) is 24.3 Å². The van der Waals surface area contributed by atoms with Crippen molar-refractivity contribution in [3.8, 4) is 11.5 Å². The van der Waals surface area contributed by atoms with Gasteiger partial charge in [-0.1, -0.05) is 18.2 Å². The van der Waals surface area contributed by atoms with E-state index in [0.29, 0.717) is 18.9 Å². The van der Waals surface area contributed by atoms with Gasteiger partial charge in [0.2, 0.25) is 0 Å². The number of nitrogens with one attached hydrogen (secondary N) is 1. The second-order valence-electron chi connectivity index (χ2n) is 4.97. The Balaban J connectivity index is 1.90. The molecule has 0 spiro atoms. The van der Waals surface area contributed by atoms with Crippen LogP contribution in [0, 0.1) is 5.82 Å². The van der Waals surface area contributed by atoms with Crippen LogP contribution < -0.4 is 14.8 Å². The van der Waals surface area contributed by atoms with Crippen LogP contribution in [0.1, 0.15) is 19.4 Å². The third-order valence-corrected chi connectivity index (χ3v) is 3.22. The van der Waals surface area contributed by atoms with Crippen LogP contribution in [0.3, 0.4) is 0 Å². The predicted molar refractivity (Wildman–Crippen MR) is 85.9 cm³/mol. The standard InChI is InChI=1S/C18H20FNO3/c1-3-22-17-7-5-4-6-14(17)12-20-18(21)13(2)23-16-10-8-15(19)9-11-16/h4-11,13H,3,12H2,1-2H3,(H,20,21). The van der Waals surface area contributed by atoms with Crippen molar-refractivity contribution in [3.05, 3.63) is 59.9 Å². The van der Waals surface area contributed by atoms with Gasteiger partial charge in [-0.05, 0) is 44.2 Å². The molecule has 1 N–H and O–H groups in total. The molecule has 0 bridgehead atoms. The molecule has 122 valence electrons. The van der Waals surface area contributed by atoms with Crippen molar-refractivity contribution in [1.29, 1.82) is 0 Å². The van der Waals surface area contributed by atoms with Gasteiger partial charge in [0.15, 0.2) is 6.10 Å². The van der Waals surface area contributed by atoms with Crippen LogP contribution in [-0.4, -0.2) is 18.6 Å². The molecule has 0 aliphatic heterocycles. The molecule has 0 saturated carbocycles. The van der Waals surface area contributed by atoms with Crippen molar-refractivity contribution in [2.24, 2.45) is 0 Å². The summed E-state index contributed by atoms with van der Waals surface area (Å²) in [5, 5.41) is 2.81. The summed E-state index contributed by atoms with van der Waals surface area (Å²) in [7, 11) is 0. The van der Waals surface area contributed by atoms with Crippen LogP contribution in [0.5, 0.6) is 11.5 Å². The maximum absolute atomic E-state index is 12.8. The first-order valence-electron chi connectivity index (χ1n) is 7.50. The summed E-state index contributed by atoms with van der Waals surface area (Å²) in [6, 6.07) is 13.1. The number of rotatable bonds is 7. The minimum absolute atomic E-state index is 0.249.